The van der Waals surface area contributed by atoms with Gasteiger partial charge in [0, 0.05) is 0 Å². The Labute approximate surface area is 133 Å². The molecule has 112 valence electrons. The minimum Gasteiger partial charge on any atom is -0.493 e. The van der Waals surface area contributed by atoms with Gasteiger partial charge in [0.15, 0.2) is 11.5 Å². The van der Waals surface area contributed by atoms with E-state index in [2.05, 4.69) is 12.2 Å². The normalized spacial score (nSPS) is 16.2. The molecule has 2 rings (SSSR count). The smallest absolute Gasteiger partial charge is 0.263 e. The zero-order valence-corrected chi connectivity index (χ0v) is 13.6. The molecule has 0 saturated carbocycles. The van der Waals surface area contributed by atoms with Gasteiger partial charge in [-0.15, -0.1) is 0 Å². The van der Waals surface area contributed by atoms with Gasteiger partial charge in [-0.05, 0) is 30.2 Å². The van der Waals surface area contributed by atoms with Gasteiger partial charge in [0.05, 0.1) is 18.6 Å². The number of ether oxygens (including phenoxy) is 2. The van der Waals surface area contributed by atoms with E-state index in [0.717, 1.165) is 18.4 Å². The minimum atomic E-state index is -0.160. The van der Waals surface area contributed by atoms with Crippen LogP contribution in [-0.2, 0) is 4.79 Å². The Morgan fingerprint density at radius 3 is 2.81 bits per heavy atom. The molecule has 0 spiro atoms. The third-order valence-electron chi connectivity index (χ3n) is 2.88. The molecule has 0 atom stereocenters. The molecule has 0 aromatic heterocycles. The van der Waals surface area contributed by atoms with Crippen LogP contribution in [0.15, 0.2) is 23.1 Å². The molecular weight excluding hydrogens is 306 g/mol. The summed E-state index contributed by atoms with van der Waals surface area (Å²) in [6, 6.07) is 5.60. The molecule has 21 heavy (non-hydrogen) atoms. The van der Waals surface area contributed by atoms with Crippen molar-refractivity contribution in [1.29, 1.82) is 0 Å². The van der Waals surface area contributed by atoms with E-state index in [9.17, 15) is 4.79 Å². The second-order valence-electron chi connectivity index (χ2n) is 4.46. The van der Waals surface area contributed by atoms with Crippen molar-refractivity contribution in [2.24, 2.45) is 0 Å². The molecule has 6 heteroatoms. The molecule has 1 aliphatic rings. The quantitative estimate of drug-likeness (QED) is 0.494. The molecule has 4 nitrogen and oxygen atoms in total. The fourth-order valence-electron chi connectivity index (χ4n) is 1.79. The highest BCUT2D eigenvalue weighted by Crippen LogP contribution is 2.31. The first-order valence-corrected chi connectivity index (χ1v) is 7.92. The number of amides is 1. The number of benzene rings is 1. The van der Waals surface area contributed by atoms with E-state index in [1.807, 2.05) is 18.2 Å². The van der Waals surface area contributed by atoms with E-state index in [1.54, 1.807) is 13.2 Å². The fourth-order valence-corrected chi connectivity index (χ4v) is 2.84. The summed E-state index contributed by atoms with van der Waals surface area (Å²) in [5.41, 5.74) is 0.872. The number of hydrogen-bond acceptors (Lipinski definition) is 5. The molecule has 0 unspecified atom stereocenters. The maximum atomic E-state index is 11.6. The van der Waals surface area contributed by atoms with Gasteiger partial charge >= 0.3 is 0 Å². The molecule has 1 aromatic rings. The number of carbonyl (C=O) groups is 1. The Bertz CT molecular complexity index is 584. The summed E-state index contributed by atoms with van der Waals surface area (Å²) >= 11 is 6.23. The van der Waals surface area contributed by atoms with E-state index >= 15 is 0 Å². The van der Waals surface area contributed by atoms with Crippen LogP contribution in [0.4, 0.5) is 0 Å². The van der Waals surface area contributed by atoms with Crippen molar-refractivity contribution < 1.29 is 14.3 Å². The van der Waals surface area contributed by atoms with Crippen molar-refractivity contribution in [3.63, 3.8) is 0 Å². The van der Waals surface area contributed by atoms with Crippen LogP contribution in [0.1, 0.15) is 25.3 Å². The summed E-state index contributed by atoms with van der Waals surface area (Å²) in [6.45, 7) is 2.78. The highest BCUT2D eigenvalue weighted by atomic mass is 32.2. The molecule has 1 aliphatic heterocycles. The van der Waals surface area contributed by atoms with Crippen molar-refractivity contribution >= 4 is 40.3 Å². The summed E-state index contributed by atoms with van der Waals surface area (Å²) in [7, 11) is 1.60. The summed E-state index contributed by atoms with van der Waals surface area (Å²) in [5.74, 6) is 1.21. The van der Waals surface area contributed by atoms with E-state index in [1.165, 1.54) is 11.8 Å². The predicted molar refractivity (Wildman–Crippen MR) is 89.7 cm³/mol. The Balaban J connectivity index is 2.17. The molecule has 0 aliphatic carbocycles. The van der Waals surface area contributed by atoms with Crippen LogP contribution < -0.4 is 14.8 Å². The van der Waals surface area contributed by atoms with Gasteiger partial charge in [-0.3, -0.25) is 4.79 Å². The third kappa shape index (κ3) is 4.22. The summed E-state index contributed by atoms with van der Waals surface area (Å²) in [4.78, 5) is 12.2. The maximum Gasteiger partial charge on any atom is 0.263 e. The lowest BCUT2D eigenvalue weighted by Crippen LogP contribution is -2.17. The average Bonchev–Trinajstić information content (AvgIpc) is 2.78. The number of carbonyl (C=O) groups excluding carboxylic acids is 1. The first-order chi connectivity index (χ1) is 10.1. The SMILES string of the molecule is CCCCOc1ccc(C=C2SC(=S)NC2=O)cc1OC. The fraction of sp³-hybridized carbons (Fsp3) is 0.333. The number of rotatable bonds is 6. The van der Waals surface area contributed by atoms with Crippen molar-refractivity contribution in [1.82, 2.24) is 5.32 Å². The lowest BCUT2D eigenvalue weighted by molar-refractivity contribution is -0.115. The zero-order chi connectivity index (χ0) is 15.2. The van der Waals surface area contributed by atoms with Crippen molar-refractivity contribution in [2.75, 3.05) is 13.7 Å². The van der Waals surface area contributed by atoms with Crippen LogP contribution in [-0.4, -0.2) is 23.9 Å². The predicted octanol–water partition coefficient (Wildman–Crippen LogP) is 3.36. The summed E-state index contributed by atoms with van der Waals surface area (Å²) in [6.07, 6.45) is 3.87. The topological polar surface area (TPSA) is 47.6 Å². The number of hydrogen-bond donors (Lipinski definition) is 1. The molecule has 1 aromatic carbocycles. The van der Waals surface area contributed by atoms with Crippen molar-refractivity contribution in [2.45, 2.75) is 19.8 Å². The first-order valence-electron chi connectivity index (χ1n) is 6.69. The van der Waals surface area contributed by atoms with Crippen LogP contribution in [0.3, 0.4) is 0 Å². The summed E-state index contributed by atoms with van der Waals surface area (Å²) in [5, 5.41) is 2.59. The van der Waals surface area contributed by atoms with Gasteiger partial charge < -0.3 is 14.8 Å². The lowest BCUT2D eigenvalue weighted by atomic mass is 10.2. The molecule has 0 radical (unpaired) electrons. The van der Waals surface area contributed by atoms with E-state index in [4.69, 9.17) is 21.7 Å². The molecule has 0 bridgehead atoms. The van der Waals surface area contributed by atoms with Gasteiger partial charge in [0.1, 0.15) is 4.32 Å². The molecule has 1 amide bonds. The summed E-state index contributed by atoms with van der Waals surface area (Å²) < 4.78 is 11.5. The zero-order valence-electron chi connectivity index (χ0n) is 12.0. The standard InChI is InChI=1S/C15H17NO3S2/c1-3-4-7-19-11-6-5-10(8-12(11)18-2)9-13-14(17)16-15(20)21-13/h5-6,8-9H,3-4,7H2,1-2H3,(H,16,17,20). The van der Waals surface area contributed by atoms with Gasteiger partial charge in [-0.25, -0.2) is 0 Å². The van der Waals surface area contributed by atoms with Crippen LogP contribution >= 0.6 is 24.0 Å². The second-order valence-corrected chi connectivity index (χ2v) is 6.18. The molecule has 1 heterocycles. The Hall–Kier alpha value is -1.53. The molecule has 1 saturated heterocycles. The van der Waals surface area contributed by atoms with Crippen molar-refractivity contribution in [3.8, 4) is 11.5 Å². The van der Waals surface area contributed by atoms with Gasteiger partial charge in [-0.2, -0.15) is 0 Å². The van der Waals surface area contributed by atoms with E-state index < -0.39 is 0 Å². The number of thiocarbonyl (C=S) groups is 1. The number of unbranched alkanes of at least 4 members (excludes halogenated alkanes) is 1. The number of methoxy groups -OCH3 is 1. The van der Waals surface area contributed by atoms with E-state index in [0.29, 0.717) is 27.3 Å². The third-order valence-corrected chi connectivity index (χ3v) is 4.05. The Kier molecular flexibility index (Phi) is 5.64. The van der Waals surface area contributed by atoms with E-state index in [-0.39, 0.29) is 5.91 Å². The first kappa shape index (κ1) is 15.9. The van der Waals surface area contributed by atoms with Crippen molar-refractivity contribution in [3.05, 3.63) is 28.7 Å². The van der Waals surface area contributed by atoms with Gasteiger partial charge in [-0.1, -0.05) is 43.4 Å². The van der Waals surface area contributed by atoms with Crippen LogP contribution in [0.5, 0.6) is 11.5 Å². The Morgan fingerprint density at radius 1 is 1.38 bits per heavy atom. The van der Waals surface area contributed by atoms with Crippen LogP contribution in [0, 0.1) is 0 Å². The van der Waals surface area contributed by atoms with Crippen LogP contribution in [0.25, 0.3) is 6.08 Å². The molecular formula is C15H17NO3S2. The highest BCUT2D eigenvalue weighted by molar-refractivity contribution is 8.26. The highest BCUT2D eigenvalue weighted by Gasteiger charge is 2.22. The molecule has 1 fully saturated rings. The number of nitrogens with one attached hydrogen (secondary N) is 1. The monoisotopic (exact) mass is 323 g/mol. The van der Waals surface area contributed by atoms with Gasteiger partial charge in [0.25, 0.3) is 5.91 Å². The number of thioether (sulfide) groups is 1. The lowest BCUT2D eigenvalue weighted by Gasteiger charge is -2.11. The minimum absolute atomic E-state index is 0.160. The largest absolute Gasteiger partial charge is 0.493 e. The van der Waals surface area contributed by atoms with Gasteiger partial charge in [0.2, 0.25) is 0 Å². The van der Waals surface area contributed by atoms with Crippen LogP contribution in [0.2, 0.25) is 0 Å². The average molecular weight is 323 g/mol. The second kappa shape index (κ2) is 7.47. The maximum absolute atomic E-state index is 11.6. The Morgan fingerprint density at radius 2 is 2.19 bits per heavy atom. The molecule has 1 N–H and O–H groups in total.